The number of aromatic nitrogens is 3. The number of carbonyl (C=O) groups is 1. The zero-order chi connectivity index (χ0) is 27.0. The normalized spacial score (nSPS) is 13.7. The third-order valence-corrected chi connectivity index (χ3v) is 7.25. The molecule has 0 aliphatic carbocycles. The van der Waals surface area contributed by atoms with E-state index in [1.54, 1.807) is 0 Å². The van der Waals surface area contributed by atoms with Crippen LogP contribution in [0.3, 0.4) is 0 Å². The summed E-state index contributed by atoms with van der Waals surface area (Å²) in [5.41, 5.74) is 6.33. The SMILES string of the molecule is Cc1cc(C)cc(-c2[nH]nc(OCC(C)(C)C(=O)N3CCCC3)c2CCNCCCCc2ccncc2)c1. The van der Waals surface area contributed by atoms with Gasteiger partial charge in [0.05, 0.1) is 11.1 Å². The van der Waals surface area contributed by atoms with Crippen LogP contribution in [-0.4, -0.2) is 58.8 Å². The van der Waals surface area contributed by atoms with Crippen LogP contribution in [0.25, 0.3) is 11.3 Å². The molecule has 38 heavy (non-hydrogen) atoms. The summed E-state index contributed by atoms with van der Waals surface area (Å²) in [6.07, 6.45) is 10.0. The van der Waals surface area contributed by atoms with Crippen LogP contribution in [0, 0.1) is 19.3 Å². The number of likely N-dealkylation sites (tertiary alicyclic amines) is 1. The number of hydrogen-bond donors (Lipinski definition) is 2. The van der Waals surface area contributed by atoms with E-state index in [2.05, 4.69) is 64.7 Å². The number of H-pyrrole nitrogens is 1. The Morgan fingerprint density at radius 3 is 2.45 bits per heavy atom. The molecule has 2 N–H and O–H groups in total. The zero-order valence-corrected chi connectivity index (χ0v) is 23.5. The summed E-state index contributed by atoms with van der Waals surface area (Å²) in [5.74, 6) is 0.760. The topological polar surface area (TPSA) is 83.1 Å². The van der Waals surface area contributed by atoms with Crippen LogP contribution in [0.5, 0.6) is 5.88 Å². The number of pyridine rings is 1. The minimum Gasteiger partial charge on any atom is -0.475 e. The first kappa shape index (κ1) is 27.8. The fourth-order valence-electron chi connectivity index (χ4n) is 5.18. The smallest absolute Gasteiger partial charge is 0.236 e. The molecule has 7 heteroatoms. The Morgan fingerprint density at radius 1 is 1.03 bits per heavy atom. The van der Waals surface area contributed by atoms with Crippen molar-refractivity contribution in [2.75, 3.05) is 32.8 Å². The average molecular weight is 518 g/mol. The lowest BCUT2D eigenvalue weighted by molar-refractivity contribution is -0.140. The van der Waals surface area contributed by atoms with Crippen molar-refractivity contribution in [2.24, 2.45) is 5.41 Å². The van der Waals surface area contributed by atoms with E-state index in [0.29, 0.717) is 12.5 Å². The molecule has 1 amide bonds. The molecule has 0 radical (unpaired) electrons. The lowest BCUT2D eigenvalue weighted by Gasteiger charge is -2.28. The van der Waals surface area contributed by atoms with Crippen molar-refractivity contribution in [3.63, 3.8) is 0 Å². The lowest BCUT2D eigenvalue weighted by atomic mass is 9.93. The van der Waals surface area contributed by atoms with Crippen molar-refractivity contribution in [2.45, 2.75) is 66.2 Å². The number of carbonyl (C=O) groups excluding carboxylic acids is 1. The van der Waals surface area contributed by atoms with Crippen LogP contribution in [0.1, 0.15) is 61.8 Å². The monoisotopic (exact) mass is 517 g/mol. The second-order valence-corrected chi connectivity index (χ2v) is 11.2. The zero-order valence-electron chi connectivity index (χ0n) is 23.5. The summed E-state index contributed by atoms with van der Waals surface area (Å²) >= 11 is 0. The number of aryl methyl sites for hydroxylation is 3. The van der Waals surface area contributed by atoms with Crippen LogP contribution in [0.15, 0.2) is 42.7 Å². The van der Waals surface area contributed by atoms with Gasteiger partial charge in [0.25, 0.3) is 0 Å². The van der Waals surface area contributed by atoms with Gasteiger partial charge in [-0.2, -0.15) is 0 Å². The second kappa shape index (κ2) is 13.1. The molecule has 1 saturated heterocycles. The molecular formula is C31H43N5O2. The van der Waals surface area contributed by atoms with E-state index in [-0.39, 0.29) is 5.91 Å². The first-order valence-electron chi connectivity index (χ1n) is 14.0. The number of hydrogen-bond acceptors (Lipinski definition) is 5. The molecule has 0 saturated carbocycles. The second-order valence-electron chi connectivity index (χ2n) is 11.2. The van der Waals surface area contributed by atoms with Gasteiger partial charge in [-0.3, -0.25) is 14.9 Å². The van der Waals surface area contributed by atoms with Crippen molar-refractivity contribution < 1.29 is 9.53 Å². The summed E-state index contributed by atoms with van der Waals surface area (Å²) < 4.78 is 6.27. The fraction of sp³-hybridized carbons (Fsp3) is 0.516. The van der Waals surface area contributed by atoms with Crippen molar-refractivity contribution in [3.8, 4) is 17.1 Å². The summed E-state index contributed by atoms with van der Waals surface area (Å²) in [4.78, 5) is 19.1. The van der Waals surface area contributed by atoms with Gasteiger partial charge in [0, 0.05) is 36.6 Å². The number of amides is 1. The predicted octanol–water partition coefficient (Wildman–Crippen LogP) is 5.27. The molecule has 0 spiro atoms. The summed E-state index contributed by atoms with van der Waals surface area (Å²) in [6, 6.07) is 10.7. The van der Waals surface area contributed by atoms with Gasteiger partial charge in [-0.1, -0.05) is 17.2 Å². The van der Waals surface area contributed by atoms with Crippen molar-refractivity contribution in [1.29, 1.82) is 0 Å². The molecule has 0 bridgehead atoms. The van der Waals surface area contributed by atoms with Gasteiger partial charge in [0.2, 0.25) is 11.8 Å². The molecule has 0 atom stereocenters. The van der Waals surface area contributed by atoms with Crippen LogP contribution in [0.2, 0.25) is 0 Å². The van der Waals surface area contributed by atoms with Crippen LogP contribution >= 0.6 is 0 Å². The summed E-state index contributed by atoms with van der Waals surface area (Å²) in [6.45, 7) is 12.0. The molecule has 1 aliphatic rings. The number of nitrogens with zero attached hydrogens (tertiary/aromatic N) is 3. The largest absolute Gasteiger partial charge is 0.475 e. The van der Waals surface area contributed by atoms with Crippen molar-refractivity contribution >= 4 is 5.91 Å². The third kappa shape index (κ3) is 7.44. The molecule has 204 valence electrons. The van der Waals surface area contributed by atoms with Crippen LogP contribution in [0.4, 0.5) is 0 Å². The highest BCUT2D eigenvalue weighted by molar-refractivity contribution is 5.82. The van der Waals surface area contributed by atoms with E-state index < -0.39 is 5.41 Å². The molecule has 7 nitrogen and oxygen atoms in total. The molecule has 0 unspecified atom stereocenters. The van der Waals surface area contributed by atoms with E-state index in [1.807, 2.05) is 31.1 Å². The fourth-order valence-corrected chi connectivity index (χ4v) is 5.18. The van der Waals surface area contributed by atoms with E-state index >= 15 is 0 Å². The first-order valence-corrected chi connectivity index (χ1v) is 14.0. The van der Waals surface area contributed by atoms with Gasteiger partial charge < -0.3 is 15.0 Å². The van der Waals surface area contributed by atoms with Crippen molar-refractivity contribution in [1.82, 2.24) is 25.4 Å². The van der Waals surface area contributed by atoms with E-state index in [9.17, 15) is 4.79 Å². The summed E-state index contributed by atoms with van der Waals surface area (Å²) in [7, 11) is 0. The lowest BCUT2D eigenvalue weighted by Crippen LogP contribution is -2.42. The van der Waals surface area contributed by atoms with E-state index in [4.69, 9.17) is 4.74 Å². The standard InChI is InChI=1S/C31H43N5O2/c1-23-19-24(2)21-26(20-23)28-27(12-16-32-13-6-5-9-25-10-14-33-15-11-25)29(35-34-28)38-22-31(3,4)30(37)36-17-7-8-18-36/h10-11,14-15,19-21,32H,5-9,12-13,16-18,22H2,1-4H3,(H,34,35). The Morgan fingerprint density at radius 2 is 1.74 bits per heavy atom. The Labute approximate surface area is 227 Å². The minimum atomic E-state index is -0.603. The molecule has 1 aliphatic heterocycles. The number of nitrogens with one attached hydrogen (secondary N) is 2. The Kier molecular flexibility index (Phi) is 9.56. The van der Waals surface area contributed by atoms with E-state index in [1.165, 1.54) is 16.7 Å². The number of unbranched alkanes of at least 4 members (excludes halogenated alkanes) is 1. The Bertz CT molecular complexity index is 1160. The quantitative estimate of drug-likeness (QED) is 0.302. The number of aromatic amines is 1. The van der Waals surface area contributed by atoms with Crippen LogP contribution in [-0.2, 0) is 17.6 Å². The molecular weight excluding hydrogens is 474 g/mol. The number of ether oxygens (including phenoxy) is 1. The van der Waals surface area contributed by atoms with Gasteiger partial charge in [-0.15, -0.1) is 5.10 Å². The molecule has 4 rings (SSSR count). The maximum Gasteiger partial charge on any atom is 0.236 e. The first-order chi connectivity index (χ1) is 18.3. The maximum absolute atomic E-state index is 13.1. The summed E-state index contributed by atoms with van der Waals surface area (Å²) in [5, 5.41) is 11.4. The molecule has 3 heterocycles. The Hall–Kier alpha value is -3.19. The molecule has 2 aromatic heterocycles. The van der Waals surface area contributed by atoms with Gasteiger partial charge in [-0.25, -0.2) is 0 Å². The molecule has 1 fully saturated rings. The highest BCUT2D eigenvalue weighted by Gasteiger charge is 2.34. The van der Waals surface area contributed by atoms with Crippen molar-refractivity contribution in [3.05, 3.63) is 65.0 Å². The minimum absolute atomic E-state index is 0.162. The molecule has 3 aromatic rings. The third-order valence-electron chi connectivity index (χ3n) is 7.25. The van der Waals surface area contributed by atoms with Gasteiger partial charge in [-0.05, 0) is 109 Å². The van der Waals surface area contributed by atoms with Gasteiger partial charge in [0.1, 0.15) is 6.61 Å². The van der Waals surface area contributed by atoms with Crippen LogP contribution < -0.4 is 10.1 Å². The molecule has 1 aromatic carbocycles. The van der Waals surface area contributed by atoms with E-state index in [0.717, 1.165) is 81.5 Å². The Balaban J connectivity index is 1.38. The number of rotatable bonds is 13. The predicted molar refractivity (Wildman–Crippen MR) is 152 cm³/mol. The number of benzene rings is 1. The highest BCUT2D eigenvalue weighted by atomic mass is 16.5. The van der Waals surface area contributed by atoms with Gasteiger partial charge in [0.15, 0.2) is 0 Å². The average Bonchev–Trinajstić information content (AvgIpc) is 3.57. The highest BCUT2D eigenvalue weighted by Crippen LogP contribution is 2.31. The maximum atomic E-state index is 13.1. The van der Waals surface area contributed by atoms with Gasteiger partial charge >= 0.3 is 0 Å².